The molecule has 0 saturated carbocycles. The molecule has 0 saturated heterocycles. The van der Waals surface area contributed by atoms with Crippen molar-refractivity contribution < 1.29 is 14.3 Å². The molecule has 3 aromatic rings. The van der Waals surface area contributed by atoms with Crippen LogP contribution in [0.4, 0.5) is 0 Å². The van der Waals surface area contributed by atoms with Crippen LogP contribution >= 0.6 is 0 Å². The van der Waals surface area contributed by atoms with Gasteiger partial charge < -0.3 is 20.4 Å². The third kappa shape index (κ3) is 5.34. The zero-order valence-corrected chi connectivity index (χ0v) is 15.2. The second kappa shape index (κ2) is 8.89. The van der Waals surface area contributed by atoms with Crippen LogP contribution in [0.5, 0.6) is 5.75 Å². The maximum absolute atomic E-state index is 11.9. The van der Waals surface area contributed by atoms with Gasteiger partial charge in [-0.3, -0.25) is 9.59 Å². The van der Waals surface area contributed by atoms with Crippen molar-refractivity contribution in [2.75, 3.05) is 19.7 Å². The molecule has 2 amide bonds. The van der Waals surface area contributed by atoms with Gasteiger partial charge in [0.05, 0.1) is 6.54 Å². The van der Waals surface area contributed by atoms with Crippen molar-refractivity contribution in [3.63, 3.8) is 0 Å². The van der Waals surface area contributed by atoms with Gasteiger partial charge in [-0.1, -0.05) is 35.9 Å². The number of amides is 2. The highest BCUT2D eigenvalue weighted by atomic mass is 16.5. The first-order valence-electron chi connectivity index (χ1n) is 8.89. The molecule has 140 valence electrons. The molecule has 0 fully saturated rings. The third-order valence-corrected chi connectivity index (χ3v) is 4.23. The van der Waals surface area contributed by atoms with E-state index in [0.29, 0.717) is 12.3 Å². The Morgan fingerprint density at radius 2 is 1.78 bits per heavy atom. The lowest BCUT2D eigenvalue weighted by atomic mass is 10.1. The Bertz CT molecular complexity index is 916. The first-order chi connectivity index (χ1) is 13.1. The molecule has 0 radical (unpaired) electrons. The van der Waals surface area contributed by atoms with Crippen molar-refractivity contribution in [2.24, 2.45) is 0 Å². The smallest absolute Gasteiger partial charge is 0.258 e. The summed E-state index contributed by atoms with van der Waals surface area (Å²) in [5, 5.41) is 6.53. The molecular formula is C21H23N3O3. The van der Waals surface area contributed by atoms with Gasteiger partial charge in [-0.25, -0.2) is 0 Å². The van der Waals surface area contributed by atoms with Gasteiger partial charge in [-0.2, -0.15) is 0 Å². The van der Waals surface area contributed by atoms with Gasteiger partial charge >= 0.3 is 0 Å². The van der Waals surface area contributed by atoms with Crippen molar-refractivity contribution in [1.29, 1.82) is 0 Å². The van der Waals surface area contributed by atoms with E-state index in [-0.39, 0.29) is 25.0 Å². The zero-order valence-electron chi connectivity index (χ0n) is 15.2. The average Bonchev–Trinajstić information content (AvgIpc) is 3.09. The molecule has 0 aliphatic carbocycles. The van der Waals surface area contributed by atoms with Crippen LogP contribution in [-0.2, 0) is 16.0 Å². The molecule has 6 nitrogen and oxygen atoms in total. The molecule has 0 unspecified atom stereocenters. The van der Waals surface area contributed by atoms with E-state index in [0.717, 1.165) is 28.5 Å². The lowest BCUT2D eigenvalue weighted by molar-refractivity contribution is -0.127. The Labute approximate surface area is 157 Å². The fourth-order valence-corrected chi connectivity index (χ4v) is 2.75. The minimum atomic E-state index is -0.331. The van der Waals surface area contributed by atoms with Crippen molar-refractivity contribution in [3.05, 3.63) is 65.9 Å². The van der Waals surface area contributed by atoms with E-state index < -0.39 is 0 Å². The second-order valence-electron chi connectivity index (χ2n) is 6.34. The monoisotopic (exact) mass is 365 g/mol. The number of benzene rings is 2. The first kappa shape index (κ1) is 18.5. The van der Waals surface area contributed by atoms with Gasteiger partial charge in [-0.15, -0.1) is 0 Å². The van der Waals surface area contributed by atoms with Gasteiger partial charge in [0.15, 0.2) is 6.61 Å². The number of hydrogen-bond donors (Lipinski definition) is 3. The normalized spacial score (nSPS) is 10.6. The fourth-order valence-electron chi connectivity index (χ4n) is 2.75. The summed E-state index contributed by atoms with van der Waals surface area (Å²) in [6.07, 6.45) is 2.68. The Hall–Kier alpha value is -3.28. The lowest BCUT2D eigenvalue weighted by Gasteiger charge is -2.08. The highest BCUT2D eigenvalue weighted by Crippen LogP contribution is 2.17. The van der Waals surface area contributed by atoms with Crippen LogP contribution in [0.25, 0.3) is 10.9 Å². The predicted octanol–water partition coefficient (Wildman–Crippen LogP) is 2.33. The molecule has 0 atom stereocenters. The van der Waals surface area contributed by atoms with Gasteiger partial charge in [0.1, 0.15) is 5.75 Å². The number of hydrogen-bond acceptors (Lipinski definition) is 3. The number of fused-ring (bicyclic) bond motifs is 1. The van der Waals surface area contributed by atoms with Crippen LogP contribution in [0.1, 0.15) is 11.1 Å². The molecule has 0 spiro atoms. The highest BCUT2D eigenvalue weighted by Gasteiger charge is 2.07. The average molecular weight is 365 g/mol. The summed E-state index contributed by atoms with van der Waals surface area (Å²) >= 11 is 0. The van der Waals surface area contributed by atoms with Gasteiger partial charge in [0, 0.05) is 23.6 Å². The zero-order chi connectivity index (χ0) is 19.1. The van der Waals surface area contributed by atoms with Gasteiger partial charge in [-0.05, 0) is 37.1 Å². The highest BCUT2D eigenvalue weighted by molar-refractivity contribution is 5.85. The summed E-state index contributed by atoms with van der Waals surface area (Å²) in [5.74, 6) is 0.0693. The Morgan fingerprint density at radius 3 is 2.59 bits per heavy atom. The standard InChI is InChI=1S/C21H23N3O3/c1-15-6-8-17(9-7-15)27-14-21(26)24-13-20(25)22-11-10-16-12-23-19-5-3-2-4-18(16)19/h2-9,12,23H,10-11,13-14H2,1H3,(H,22,25)(H,24,26). The largest absolute Gasteiger partial charge is 0.484 e. The third-order valence-electron chi connectivity index (χ3n) is 4.23. The second-order valence-corrected chi connectivity index (χ2v) is 6.34. The number of aromatic nitrogens is 1. The number of rotatable bonds is 8. The lowest BCUT2D eigenvalue weighted by Crippen LogP contribution is -2.39. The Kier molecular flexibility index (Phi) is 6.10. The maximum Gasteiger partial charge on any atom is 0.258 e. The molecule has 27 heavy (non-hydrogen) atoms. The maximum atomic E-state index is 11.9. The van der Waals surface area contributed by atoms with E-state index in [1.807, 2.05) is 43.5 Å². The number of aromatic amines is 1. The summed E-state index contributed by atoms with van der Waals surface area (Å²) in [6, 6.07) is 15.5. The van der Waals surface area contributed by atoms with Crippen molar-refractivity contribution >= 4 is 22.7 Å². The number of aryl methyl sites for hydroxylation is 1. The van der Waals surface area contributed by atoms with Crippen LogP contribution in [-0.4, -0.2) is 36.5 Å². The topological polar surface area (TPSA) is 83.2 Å². The van der Waals surface area contributed by atoms with Crippen LogP contribution in [0, 0.1) is 6.92 Å². The first-order valence-corrected chi connectivity index (χ1v) is 8.89. The van der Waals surface area contributed by atoms with E-state index >= 15 is 0 Å². The minimum absolute atomic E-state index is 0.0655. The van der Waals surface area contributed by atoms with E-state index in [1.54, 1.807) is 12.1 Å². The quantitative estimate of drug-likeness (QED) is 0.573. The summed E-state index contributed by atoms with van der Waals surface area (Å²) < 4.78 is 5.38. The fraction of sp³-hybridized carbons (Fsp3) is 0.238. The molecule has 3 rings (SSSR count). The van der Waals surface area contributed by atoms with E-state index in [4.69, 9.17) is 4.74 Å². The molecule has 3 N–H and O–H groups in total. The number of nitrogens with one attached hydrogen (secondary N) is 3. The summed E-state index contributed by atoms with van der Waals surface area (Å²) in [6.45, 7) is 2.31. The van der Waals surface area contributed by atoms with Gasteiger partial charge in [0.2, 0.25) is 5.91 Å². The molecule has 0 bridgehead atoms. The number of carbonyl (C=O) groups is 2. The molecule has 0 aliphatic heterocycles. The summed E-state index contributed by atoms with van der Waals surface area (Å²) in [7, 11) is 0. The Balaban J connectivity index is 1.34. The van der Waals surface area contributed by atoms with Gasteiger partial charge in [0.25, 0.3) is 5.91 Å². The molecule has 6 heteroatoms. The predicted molar refractivity (Wildman–Crippen MR) is 105 cm³/mol. The Morgan fingerprint density at radius 1 is 1.00 bits per heavy atom. The van der Waals surface area contributed by atoms with Crippen molar-refractivity contribution in [1.82, 2.24) is 15.6 Å². The SMILES string of the molecule is Cc1ccc(OCC(=O)NCC(=O)NCCc2c[nH]c3ccccc23)cc1. The van der Waals surface area contributed by atoms with Crippen LogP contribution < -0.4 is 15.4 Å². The van der Waals surface area contributed by atoms with E-state index in [9.17, 15) is 9.59 Å². The van der Waals surface area contributed by atoms with E-state index in [2.05, 4.69) is 21.7 Å². The summed E-state index contributed by atoms with van der Waals surface area (Å²) in [4.78, 5) is 26.9. The number of carbonyl (C=O) groups excluding carboxylic acids is 2. The summed E-state index contributed by atoms with van der Waals surface area (Å²) in [5.41, 5.74) is 3.36. The number of H-pyrrole nitrogens is 1. The molecule has 1 heterocycles. The van der Waals surface area contributed by atoms with Crippen LogP contribution in [0.15, 0.2) is 54.7 Å². The minimum Gasteiger partial charge on any atom is -0.484 e. The molecule has 2 aromatic carbocycles. The molecule has 1 aromatic heterocycles. The molecule has 0 aliphatic rings. The number of para-hydroxylation sites is 1. The number of ether oxygens (including phenoxy) is 1. The van der Waals surface area contributed by atoms with Crippen LogP contribution in [0.2, 0.25) is 0 Å². The van der Waals surface area contributed by atoms with Crippen molar-refractivity contribution in [3.8, 4) is 5.75 Å². The van der Waals surface area contributed by atoms with Crippen LogP contribution in [0.3, 0.4) is 0 Å². The molecular weight excluding hydrogens is 342 g/mol. The van der Waals surface area contributed by atoms with E-state index in [1.165, 1.54) is 0 Å². The van der Waals surface area contributed by atoms with Crippen molar-refractivity contribution in [2.45, 2.75) is 13.3 Å².